The van der Waals surface area contributed by atoms with E-state index in [4.69, 9.17) is 4.74 Å². The molecular formula is C14H23NO. The van der Waals surface area contributed by atoms with Gasteiger partial charge >= 0.3 is 0 Å². The number of rotatable bonds is 6. The van der Waals surface area contributed by atoms with Gasteiger partial charge in [0.15, 0.2) is 0 Å². The zero-order valence-electron chi connectivity index (χ0n) is 10.8. The highest BCUT2D eigenvalue weighted by molar-refractivity contribution is 5.56. The average molecular weight is 221 g/mol. The second-order valence-corrected chi connectivity index (χ2v) is 4.25. The lowest BCUT2D eigenvalue weighted by Gasteiger charge is -2.17. The first-order chi connectivity index (χ1) is 7.69. The molecule has 90 valence electrons. The molecule has 1 unspecified atom stereocenters. The highest BCUT2D eigenvalue weighted by Crippen LogP contribution is 2.26. The Kier molecular flexibility index (Phi) is 5.17. The van der Waals surface area contributed by atoms with Crippen LogP contribution in [-0.2, 0) is 0 Å². The maximum Gasteiger partial charge on any atom is 0.124 e. The first-order valence-corrected chi connectivity index (χ1v) is 6.13. The topological polar surface area (TPSA) is 21.3 Å². The molecule has 1 N–H and O–H groups in total. The van der Waals surface area contributed by atoms with E-state index in [1.165, 1.54) is 18.4 Å². The Labute approximate surface area is 99.0 Å². The summed E-state index contributed by atoms with van der Waals surface area (Å²) in [5.74, 6) is 0.996. The summed E-state index contributed by atoms with van der Waals surface area (Å²) in [6.45, 7) is 6.44. The fraction of sp³-hybridized carbons (Fsp3) is 0.571. The first kappa shape index (κ1) is 12.9. The molecule has 0 fully saturated rings. The van der Waals surface area contributed by atoms with E-state index in [0.717, 1.165) is 17.9 Å². The number of hydrogen-bond acceptors (Lipinski definition) is 2. The van der Waals surface area contributed by atoms with Crippen LogP contribution in [0.1, 0.15) is 38.7 Å². The summed E-state index contributed by atoms with van der Waals surface area (Å²) in [5.41, 5.74) is 2.33. The molecule has 0 amide bonds. The molecule has 1 aromatic carbocycles. The van der Waals surface area contributed by atoms with Crippen molar-refractivity contribution in [1.82, 2.24) is 0 Å². The summed E-state index contributed by atoms with van der Waals surface area (Å²) in [7, 11) is 1.94. The van der Waals surface area contributed by atoms with Gasteiger partial charge < -0.3 is 10.1 Å². The molecule has 0 bridgehead atoms. The summed E-state index contributed by atoms with van der Waals surface area (Å²) in [4.78, 5) is 0. The van der Waals surface area contributed by atoms with Gasteiger partial charge in [-0.25, -0.2) is 0 Å². The molecule has 0 saturated heterocycles. The molecule has 0 radical (unpaired) electrons. The van der Waals surface area contributed by atoms with E-state index in [0.29, 0.717) is 6.10 Å². The lowest BCUT2D eigenvalue weighted by Crippen LogP contribution is -2.12. The Hall–Kier alpha value is -1.18. The SMILES string of the molecule is CCCCC(C)Oc1cccc(NC)c1C. The molecule has 16 heavy (non-hydrogen) atoms. The highest BCUT2D eigenvalue weighted by Gasteiger charge is 2.07. The molecule has 2 heteroatoms. The Bertz CT molecular complexity index is 323. The number of unbranched alkanes of at least 4 members (excludes halogenated alkanes) is 1. The van der Waals surface area contributed by atoms with E-state index in [-0.39, 0.29) is 0 Å². The van der Waals surface area contributed by atoms with Crippen LogP contribution in [0.2, 0.25) is 0 Å². The first-order valence-electron chi connectivity index (χ1n) is 6.13. The number of ether oxygens (including phenoxy) is 1. The molecule has 0 aliphatic carbocycles. The Balaban J connectivity index is 2.66. The van der Waals surface area contributed by atoms with E-state index in [2.05, 4.69) is 32.2 Å². The number of benzene rings is 1. The van der Waals surface area contributed by atoms with Gasteiger partial charge in [-0.15, -0.1) is 0 Å². The largest absolute Gasteiger partial charge is 0.490 e. The monoisotopic (exact) mass is 221 g/mol. The van der Waals surface area contributed by atoms with Gasteiger partial charge in [-0.1, -0.05) is 25.8 Å². The van der Waals surface area contributed by atoms with Crippen LogP contribution in [0.25, 0.3) is 0 Å². The quantitative estimate of drug-likeness (QED) is 0.784. The number of nitrogens with one attached hydrogen (secondary N) is 1. The smallest absolute Gasteiger partial charge is 0.124 e. The molecule has 0 saturated carbocycles. The minimum Gasteiger partial charge on any atom is -0.490 e. The fourth-order valence-corrected chi connectivity index (χ4v) is 1.78. The van der Waals surface area contributed by atoms with E-state index in [1.54, 1.807) is 0 Å². The lowest BCUT2D eigenvalue weighted by atomic mass is 10.1. The number of hydrogen-bond donors (Lipinski definition) is 1. The van der Waals surface area contributed by atoms with E-state index >= 15 is 0 Å². The van der Waals surface area contributed by atoms with Crippen molar-refractivity contribution in [3.8, 4) is 5.75 Å². The minimum absolute atomic E-state index is 0.297. The van der Waals surface area contributed by atoms with Crippen molar-refractivity contribution in [2.24, 2.45) is 0 Å². The normalized spacial score (nSPS) is 12.2. The van der Waals surface area contributed by atoms with Gasteiger partial charge in [-0.05, 0) is 32.4 Å². The van der Waals surface area contributed by atoms with Crippen molar-refractivity contribution in [2.75, 3.05) is 12.4 Å². The summed E-state index contributed by atoms with van der Waals surface area (Å²) in [5, 5.41) is 3.17. The molecule has 0 spiro atoms. The average Bonchev–Trinajstić information content (AvgIpc) is 2.29. The number of anilines is 1. The second-order valence-electron chi connectivity index (χ2n) is 4.25. The van der Waals surface area contributed by atoms with E-state index in [1.807, 2.05) is 19.2 Å². The van der Waals surface area contributed by atoms with Gasteiger partial charge in [0, 0.05) is 18.3 Å². The third kappa shape index (κ3) is 3.44. The van der Waals surface area contributed by atoms with Crippen LogP contribution in [0, 0.1) is 6.92 Å². The van der Waals surface area contributed by atoms with Gasteiger partial charge in [0.1, 0.15) is 5.75 Å². The van der Waals surface area contributed by atoms with Crippen molar-refractivity contribution in [3.05, 3.63) is 23.8 Å². The second kappa shape index (κ2) is 6.41. The van der Waals surface area contributed by atoms with Gasteiger partial charge in [-0.3, -0.25) is 0 Å². The van der Waals surface area contributed by atoms with Gasteiger partial charge in [0.05, 0.1) is 6.10 Å². The van der Waals surface area contributed by atoms with Crippen LogP contribution in [0.5, 0.6) is 5.75 Å². The van der Waals surface area contributed by atoms with Gasteiger partial charge in [0.2, 0.25) is 0 Å². The molecule has 0 aromatic heterocycles. The molecule has 1 rings (SSSR count). The van der Waals surface area contributed by atoms with Gasteiger partial charge in [-0.2, -0.15) is 0 Å². The van der Waals surface area contributed by atoms with Crippen LogP contribution in [-0.4, -0.2) is 13.2 Å². The molecule has 0 aliphatic rings. The molecule has 1 aromatic rings. The lowest BCUT2D eigenvalue weighted by molar-refractivity contribution is 0.206. The molecule has 1 atom stereocenters. The zero-order chi connectivity index (χ0) is 12.0. The third-order valence-corrected chi connectivity index (χ3v) is 2.85. The molecule has 2 nitrogen and oxygen atoms in total. The van der Waals surface area contributed by atoms with Crippen LogP contribution >= 0.6 is 0 Å². The zero-order valence-corrected chi connectivity index (χ0v) is 10.8. The van der Waals surface area contributed by atoms with Crippen LogP contribution < -0.4 is 10.1 Å². The van der Waals surface area contributed by atoms with E-state index < -0.39 is 0 Å². The highest BCUT2D eigenvalue weighted by atomic mass is 16.5. The maximum atomic E-state index is 5.95. The van der Waals surface area contributed by atoms with Crippen LogP contribution in [0.15, 0.2) is 18.2 Å². The van der Waals surface area contributed by atoms with Crippen LogP contribution in [0.3, 0.4) is 0 Å². The van der Waals surface area contributed by atoms with Crippen molar-refractivity contribution >= 4 is 5.69 Å². The summed E-state index contributed by atoms with van der Waals surface area (Å²) in [6, 6.07) is 6.14. The van der Waals surface area contributed by atoms with Crippen molar-refractivity contribution in [3.63, 3.8) is 0 Å². The van der Waals surface area contributed by atoms with E-state index in [9.17, 15) is 0 Å². The third-order valence-electron chi connectivity index (χ3n) is 2.85. The molecule has 0 aliphatic heterocycles. The van der Waals surface area contributed by atoms with Crippen molar-refractivity contribution in [1.29, 1.82) is 0 Å². The Morgan fingerprint density at radius 1 is 1.38 bits per heavy atom. The maximum absolute atomic E-state index is 5.95. The van der Waals surface area contributed by atoms with Crippen molar-refractivity contribution in [2.45, 2.75) is 46.1 Å². The Morgan fingerprint density at radius 3 is 2.75 bits per heavy atom. The predicted octanol–water partition coefficient (Wildman–Crippen LogP) is 3.99. The molecule has 0 heterocycles. The summed E-state index contributed by atoms with van der Waals surface area (Å²) in [6.07, 6.45) is 3.88. The summed E-state index contributed by atoms with van der Waals surface area (Å²) < 4.78 is 5.95. The standard InChI is InChI=1S/C14H23NO/c1-5-6-8-11(2)16-14-10-7-9-13(15-4)12(14)3/h7,9-11,15H,5-6,8H2,1-4H3. The van der Waals surface area contributed by atoms with Crippen LogP contribution in [0.4, 0.5) is 5.69 Å². The van der Waals surface area contributed by atoms with Crippen molar-refractivity contribution < 1.29 is 4.74 Å². The Morgan fingerprint density at radius 2 is 2.12 bits per heavy atom. The summed E-state index contributed by atoms with van der Waals surface area (Å²) >= 11 is 0. The van der Waals surface area contributed by atoms with Gasteiger partial charge in [0.25, 0.3) is 0 Å². The molecular weight excluding hydrogens is 198 g/mol. The minimum atomic E-state index is 0.297. The fourth-order valence-electron chi connectivity index (χ4n) is 1.78. The predicted molar refractivity (Wildman–Crippen MR) is 70.3 cm³/mol.